The lowest BCUT2D eigenvalue weighted by Gasteiger charge is -2.01. The molecule has 0 atom stereocenters. The molecule has 0 saturated heterocycles. The molecule has 15 heavy (non-hydrogen) atoms. The van der Waals surface area contributed by atoms with Crippen LogP contribution >= 0.6 is 11.6 Å². The summed E-state index contributed by atoms with van der Waals surface area (Å²) in [5, 5.41) is 1.66. The Kier molecular flexibility index (Phi) is 2.57. The molecule has 0 amide bonds. The third kappa shape index (κ3) is 1.92. The zero-order chi connectivity index (χ0) is 10.8. The SMILES string of the molecule is C=Cc1ccc2cc(C(=O)Cl)ccc2c1. The number of benzene rings is 2. The van der Waals surface area contributed by atoms with Crippen molar-refractivity contribution in [3.8, 4) is 0 Å². The van der Waals surface area contributed by atoms with E-state index in [4.69, 9.17) is 11.6 Å². The van der Waals surface area contributed by atoms with E-state index in [-0.39, 0.29) is 0 Å². The maximum Gasteiger partial charge on any atom is 0.252 e. The van der Waals surface area contributed by atoms with Crippen molar-refractivity contribution in [3.63, 3.8) is 0 Å². The summed E-state index contributed by atoms with van der Waals surface area (Å²) in [7, 11) is 0. The van der Waals surface area contributed by atoms with Gasteiger partial charge in [0.05, 0.1) is 0 Å². The molecule has 74 valence electrons. The summed E-state index contributed by atoms with van der Waals surface area (Å²) in [6.45, 7) is 3.71. The van der Waals surface area contributed by atoms with E-state index in [0.29, 0.717) is 5.56 Å². The Labute approximate surface area is 93.0 Å². The second kappa shape index (κ2) is 3.87. The molecule has 0 spiro atoms. The van der Waals surface area contributed by atoms with E-state index in [0.717, 1.165) is 16.3 Å². The Balaban J connectivity index is 2.64. The minimum absolute atomic E-state index is 0.426. The zero-order valence-electron chi connectivity index (χ0n) is 8.03. The minimum Gasteiger partial charge on any atom is -0.276 e. The Bertz CT molecular complexity index is 543. The first kappa shape index (κ1) is 9.94. The van der Waals surface area contributed by atoms with Gasteiger partial charge < -0.3 is 0 Å². The average Bonchev–Trinajstić information content (AvgIpc) is 2.27. The van der Waals surface area contributed by atoms with Crippen molar-refractivity contribution in [3.05, 3.63) is 54.1 Å². The van der Waals surface area contributed by atoms with Gasteiger partial charge in [-0.15, -0.1) is 0 Å². The van der Waals surface area contributed by atoms with Crippen molar-refractivity contribution in [1.82, 2.24) is 0 Å². The van der Waals surface area contributed by atoms with Crippen LogP contribution < -0.4 is 0 Å². The van der Waals surface area contributed by atoms with Gasteiger partial charge in [0.15, 0.2) is 0 Å². The molecule has 0 unspecified atom stereocenters. The topological polar surface area (TPSA) is 17.1 Å². The Morgan fingerprint density at radius 2 is 1.80 bits per heavy atom. The van der Waals surface area contributed by atoms with E-state index in [9.17, 15) is 4.79 Å². The lowest BCUT2D eigenvalue weighted by molar-refractivity contribution is 0.108. The smallest absolute Gasteiger partial charge is 0.252 e. The molecule has 0 heterocycles. The van der Waals surface area contributed by atoms with Crippen LogP contribution in [0.5, 0.6) is 0 Å². The minimum atomic E-state index is -0.426. The Morgan fingerprint density at radius 3 is 2.47 bits per heavy atom. The van der Waals surface area contributed by atoms with Crippen LogP contribution in [-0.2, 0) is 0 Å². The fourth-order valence-electron chi connectivity index (χ4n) is 1.51. The number of rotatable bonds is 2. The molecule has 2 aromatic carbocycles. The highest BCUT2D eigenvalue weighted by Gasteiger charge is 2.02. The molecule has 1 nitrogen and oxygen atoms in total. The quantitative estimate of drug-likeness (QED) is 0.697. The summed E-state index contributed by atoms with van der Waals surface area (Å²) >= 11 is 5.41. The number of hydrogen-bond donors (Lipinski definition) is 0. The molecule has 0 aliphatic heterocycles. The molecule has 0 aliphatic carbocycles. The Morgan fingerprint density at radius 1 is 1.13 bits per heavy atom. The third-order valence-corrected chi connectivity index (χ3v) is 2.55. The van der Waals surface area contributed by atoms with Gasteiger partial charge in [0.2, 0.25) is 0 Å². The van der Waals surface area contributed by atoms with Crippen LogP contribution in [-0.4, -0.2) is 5.24 Å². The van der Waals surface area contributed by atoms with E-state index in [2.05, 4.69) is 6.58 Å². The summed E-state index contributed by atoms with van der Waals surface area (Å²) in [4.78, 5) is 11.0. The standard InChI is InChI=1S/C13H9ClO/c1-2-9-3-4-11-8-12(13(14)15)6-5-10(11)7-9/h2-8H,1H2. The van der Waals surface area contributed by atoms with E-state index in [1.807, 2.05) is 24.3 Å². The molecule has 0 N–H and O–H groups in total. The molecule has 0 saturated carbocycles. The van der Waals surface area contributed by atoms with E-state index in [1.54, 1.807) is 18.2 Å². The van der Waals surface area contributed by atoms with Gasteiger partial charge in [-0.1, -0.05) is 30.9 Å². The van der Waals surface area contributed by atoms with Gasteiger partial charge >= 0.3 is 0 Å². The molecule has 2 rings (SSSR count). The van der Waals surface area contributed by atoms with Gasteiger partial charge in [-0.05, 0) is 46.1 Å². The van der Waals surface area contributed by atoms with Crippen molar-refractivity contribution in [2.45, 2.75) is 0 Å². The van der Waals surface area contributed by atoms with Crippen molar-refractivity contribution < 1.29 is 4.79 Å². The molecule has 2 heteroatoms. The number of halogens is 1. The van der Waals surface area contributed by atoms with Crippen molar-refractivity contribution in [2.75, 3.05) is 0 Å². The fraction of sp³-hybridized carbons (Fsp3) is 0. The van der Waals surface area contributed by atoms with Gasteiger partial charge in [-0.25, -0.2) is 0 Å². The molecule has 0 radical (unpaired) electrons. The summed E-state index contributed by atoms with van der Waals surface area (Å²) < 4.78 is 0. The highest BCUT2D eigenvalue weighted by molar-refractivity contribution is 6.67. The predicted octanol–water partition coefficient (Wildman–Crippen LogP) is 3.86. The maximum absolute atomic E-state index is 11.0. The highest BCUT2D eigenvalue weighted by Crippen LogP contribution is 2.19. The molecule has 0 fully saturated rings. The van der Waals surface area contributed by atoms with Gasteiger partial charge in [0.1, 0.15) is 0 Å². The molecular weight excluding hydrogens is 208 g/mol. The monoisotopic (exact) mass is 216 g/mol. The summed E-state index contributed by atoms with van der Waals surface area (Å²) in [5.74, 6) is 0. The van der Waals surface area contributed by atoms with E-state index >= 15 is 0 Å². The van der Waals surface area contributed by atoms with Crippen LogP contribution in [0.25, 0.3) is 16.8 Å². The average molecular weight is 217 g/mol. The lowest BCUT2D eigenvalue weighted by Crippen LogP contribution is -1.87. The van der Waals surface area contributed by atoms with E-state index < -0.39 is 5.24 Å². The summed E-state index contributed by atoms with van der Waals surface area (Å²) in [6.07, 6.45) is 1.79. The number of hydrogen-bond acceptors (Lipinski definition) is 1. The van der Waals surface area contributed by atoms with Crippen molar-refractivity contribution in [1.29, 1.82) is 0 Å². The molecule has 0 aromatic heterocycles. The van der Waals surface area contributed by atoms with Gasteiger partial charge in [0.25, 0.3) is 5.24 Å². The largest absolute Gasteiger partial charge is 0.276 e. The third-order valence-electron chi connectivity index (χ3n) is 2.33. The van der Waals surface area contributed by atoms with Crippen LogP contribution in [0, 0.1) is 0 Å². The number of fused-ring (bicyclic) bond motifs is 1. The van der Waals surface area contributed by atoms with Gasteiger partial charge in [-0.3, -0.25) is 4.79 Å². The van der Waals surface area contributed by atoms with Crippen LogP contribution in [0.3, 0.4) is 0 Å². The first-order valence-corrected chi connectivity index (χ1v) is 4.94. The van der Waals surface area contributed by atoms with Crippen LogP contribution in [0.1, 0.15) is 15.9 Å². The zero-order valence-corrected chi connectivity index (χ0v) is 8.79. The first-order chi connectivity index (χ1) is 7.20. The molecular formula is C13H9ClO. The van der Waals surface area contributed by atoms with Crippen LogP contribution in [0.2, 0.25) is 0 Å². The van der Waals surface area contributed by atoms with Crippen molar-refractivity contribution in [2.24, 2.45) is 0 Å². The normalized spacial score (nSPS) is 10.2. The summed E-state index contributed by atoms with van der Waals surface area (Å²) in [5.41, 5.74) is 1.59. The molecule has 0 aliphatic rings. The van der Waals surface area contributed by atoms with Crippen LogP contribution in [0.15, 0.2) is 43.0 Å². The number of carbonyl (C=O) groups excluding carboxylic acids is 1. The maximum atomic E-state index is 11.0. The lowest BCUT2D eigenvalue weighted by atomic mass is 10.0. The fourth-order valence-corrected chi connectivity index (χ4v) is 1.63. The van der Waals surface area contributed by atoms with E-state index in [1.165, 1.54) is 0 Å². The number of carbonyl (C=O) groups is 1. The summed E-state index contributed by atoms with van der Waals surface area (Å²) in [6, 6.07) is 11.3. The molecule has 0 bridgehead atoms. The highest BCUT2D eigenvalue weighted by atomic mass is 35.5. The predicted molar refractivity (Wildman–Crippen MR) is 64.2 cm³/mol. The molecule has 2 aromatic rings. The Hall–Kier alpha value is -1.60. The van der Waals surface area contributed by atoms with Crippen molar-refractivity contribution >= 4 is 33.7 Å². The van der Waals surface area contributed by atoms with Crippen LogP contribution in [0.4, 0.5) is 0 Å². The van der Waals surface area contributed by atoms with Gasteiger partial charge in [0, 0.05) is 5.56 Å². The second-order valence-electron chi connectivity index (χ2n) is 3.30. The van der Waals surface area contributed by atoms with Gasteiger partial charge in [-0.2, -0.15) is 0 Å². The first-order valence-electron chi connectivity index (χ1n) is 4.57. The second-order valence-corrected chi connectivity index (χ2v) is 3.64.